The number of carbonyl (C=O) groups excluding carboxylic acids is 2. The molecule has 1 fully saturated rings. The molecule has 0 aromatic heterocycles. The second-order valence-electron chi connectivity index (χ2n) is 3.96. The minimum atomic E-state index is -0.591. The molecule has 18 heavy (non-hydrogen) atoms. The zero-order chi connectivity index (χ0) is 13.4. The fourth-order valence-corrected chi connectivity index (χ4v) is 3.02. The summed E-state index contributed by atoms with van der Waals surface area (Å²) < 4.78 is 5.21. The van der Waals surface area contributed by atoms with E-state index in [1.54, 1.807) is 23.5 Å². The Labute approximate surface area is 117 Å². The molecular formula is C12H21NO3S2. The third kappa shape index (κ3) is 5.10. The zero-order valence-electron chi connectivity index (χ0n) is 10.9. The van der Waals surface area contributed by atoms with E-state index in [4.69, 9.17) is 4.74 Å². The van der Waals surface area contributed by atoms with Gasteiger partial charge in [0.2, 0.25) is 0 Å². The number of carbonyl (C=O) groups is 2. The summed E-state index contributed by atoms with van der Waals surface area (Å²) in [7, 11) is 0. The molecule has 1 N–H and O–H groups in total. The van der Waals surface area contributed by atoms with E-state index < -0.39 is 12.1 Å². The van der Waals surface area contributed by atoms with E-state index in [9.17, 15) is 9.59 Å². The van der Waals surface area contributed by atoms with Crippen LogP contribution >= 0.6 is 23.5 Å². The van der Waals surface area contributed by atoms with Crippen molar-refractivity contribution in [1.29, 1.82) is 0 Å². The van der Waals surface area contributed by atoms with Crippen molar-refractivity contribution in [3.63, 3.8) is 0 Å². The summed E-state index contributed by atoms with van der Waals surface area (Å²) in [5.41, 5.74) is 0. The highest BCUT2D eigenvalue weighted by Crippen LogP contribution is 2.15. The first kappa shape index (κ1) is 15.7. The molecule has 0 bridgehead atoms. The Morgan fingerprint density at radius 3 is 2.33 bits per heavy atom. The largest absolute Gasteiger partial charge is 0.451 e. The van der Waals surface area contributed by atoms with Crippen LogP contribution < -0.4 is 5.32 Å². The lowest BCUT2D eigenvalue weighted by molar-refractivity contribution is -0.165. The SMILES string of the molecule is CCSCCC1OC(=O)[C@H](CCSCC)NC1=O. The molecule has 1 saturated heterocycles. The van der Waals surface area contributed by atoms with Crippen LogP contribution in [0.1, 0.15) is 26.7 Å². The van der Waals surface area contributed by atoms with Crippen LogP contribution in [0, 0.1) is 0 Å². The maximum atomic E-state index is 11.8. The van der Waals surface area contributed by atoms with Crippen LogP contribution in [-0.2, 0) is 14.3 Å². The molecule has 0 radical (unpaired) electrons. The monoisotopic (exact) mass is 291 g/mol. The first-order valence-electron chi connectivity index (χ1n) is 6.35. The van der Waals surface area contributed by atoms with Gasteiger partial charge in [-0.05, 0) is 29.4 Å². The minimum absolute atomic E-state index is 0.141. The van der Waals surface area contributed by atoms with Gasteiger partial charge in [0.15, 0.2) is 6.10 Å². The van der Waals surface area contributed by atoms with Gasteiger partial charge in [-0.2, -0.15) is 23.5 Å². The molecule has 1 aliphatic rings. The van der Waals surface area contributed by atoms with Crippen molar-refractivity contribution in [2.75, 3.05) is 23.0 Å². The molecular weight excluding hydrogens is 270 g/mol. The highest BCUT2D eigenvalue weighted by molar-refractivity contribution is 7.99. The maximum absolute atomic E-state index is 11.8. The number of esters is 1. The first-order chi connectivity index (χ1) is 8.69. The standard InChI is InChI=1S/C12H21NO3S2/c1-3-17-7-5-9-12(15)16-10(11(14)13-9)6-8-18-4-2/h9-10H,3-8H2,1-2H3,(H,13,14)/t9-,10?/m0/s1. The van der Waals surface area contributed by atoms with Crippen LogP contribution in [0.2, 0.25) is 0 Å². The van der Waals surface area contributed by atoms with Crippen molar-refractivity contribution in [3.05, 3.63) is 0 Å². The fraction of sp³-hybridized carbons (Fsp3) is 0.833. The van der Waals surface area contributed by atoms with Gasteiger partial charge in [0.05, 0.1) is 0 Å². The number of cyclic esters (lactones) is 1. The Balaban J connectivity index is 2.34. The van der Waals surface area contributed by atoms with Gasteiger partial charge in [0, 0.05) is 6.42 Å². The van der Waals surface area contributed by atoms with Crippen LogP contribution in [0.15, 0.2) is 0 Å². The van der Waals surface area contributed by atoms with Crippen LogP contribution in [0.25, 0.3) is 0 Å². The third-order valence-corrected chi connectivity index (χ3v) is 4.50. The van der Waals surface area contributed by atoms with Crippen molar-refractivity contribution in [2.45, 2.75) is 38.8 Å². The molecule has 4 nitrogen and oxygen atoms in total. The van der Waals surface area contributed by atoms with Crippen molar-refractivity contribution in [3.8, 4) is 0 Å². The highest BCUT2D eigenvalue weighted by atomic mass is 32.2. The topological polar surface area (TPSA) is 55.4 Å². The van der Waals surface area contributed by atoms with Crippen molar-refractivity contribution < 1.29 is 14.3 Å². The predicted octanol–water partition coefficient (Wildman–Crippen LogP) is 1.68. The van der Waals surface area contributed by atoms with Gasteiger partial charge in [-0.15, -0.1) is 0 Å². The van der Waals surface area contributed by atoms with Crippen LogP contribution in [0.3, 0.4) is 0 Å². The molecule has 2 atom stereocenters. The molecule has 104 valence electrons. The molecule has 6 heteroatoms. The Kier molecular flexibility index (Phi) is 7.58. The summed E-state index contributed by atoms with van der Waals surface area (Å²) in [6, 6.07) is -0.452. The summed E-state index contributed by atoms with van der Waals surface area (Å²) >= 11 is 3.51. The molecule has 0 saturated carbocycles. The van der Waals surface area contributed by atoms with E-state index in [2.05, 4.69) is 19.2 Å². The molecule has 0 spiro atoms. The van der Waals surface area contributed by atoms with Gasteiger partial charge in [0.1, 0.15) is 6.04 Å². The summed E-state index contributed by atoms with van der Waals surface area (Å²) in [6.45, 7) is 4.14. The number of morpholine rings is 1. The zero-order valence-corrected chi connectivity index (χ0v) is 12.6. The van der Waals surface area contributed by atoms with Crippen molar-refractivity contribution in [1.82, 2.24) is 5.32 Å². The van der Waals surface area contributed by atoms with Gasteiger partial charge < -0.3 is 10.1 Å². The molecule has 1 aliphatic heterocycles. The van der Waals surface area contributed by atoms with Gasteiger partial charge >= 0.3 is 5.97 Å². The number of rotatable bonds is 8. The molecule has 1 rings (SSSR count). The van der Waals surface area contributed by atoms with Gasteiger partial charge in [-0.1, -0.05) is 13.8 Å². The van der Waals surface area contributed by atoms with Crippen LogP contribution in [-0.4, -0.2) is 47.0 Å². The minimum Gasteiger partial charge on any atom is -0.451 e. The number of hydrogen-bond acceptors (Lipinski definition) is 5. The molecule has 1 unspecified atom stereocenters. The van der Waals surface area contributed by atoms with Crippen LogP contribution in [0.4, 0.5) is 0 Å². The summed E-state index contributed by atoms with van der Waals surface area (Å²) in [5.74, 6) is 3.33. The van der Waals surface area contributed by atoms with E-state index in [0.717, 1.165) is 23.0 Å². The van der Waals surface area contributed by atoms with Crippen molar-refractivity contribution in [2.24, 2.45) is 0 Å². The van der Waals surface area contributed by atoms with Crippen molar-refractivity contribution >= 4 is 35.4 Å². The fourth-order valence-electron chi connectivity index (χ4n) is 1.66. The number of amides is 1. The molecule has 1 amide bonds. The quantitative estimate of drug-likeness (QED) is 0.545. The Hall–Kier alpha value is -0.360. The summed E-state index contributed by atoms with van der Waals surface area (Å²) in [6.07, 6.45) is 0.665. The Morgan fingerprint density at radius 2 is 1.72 bits per heavy atom. The molecule has 0 aliphatic carbocycles. The summed E-state index contributed by atoms with van der Waals surface area (Å²) in [5, 5.41) is 2.77. The Morgan fingerprint density at radius 1 is 1.11 bits per heavy atom. The summed E-state index contributed by atoms with van der Waals surface area (Å²) in [4.78, 5) is 23.5. The highest BCUT2D eigenvalue weighted by Gasteiger charge is 2.34. The Bertz CT molecular complexity index is 258. The number of hydrogen-bond donors (Lipinski definition) is 1. The smallest absolute Gasteiger partial charge is 0.329 e. The average Bonchev–Trinajstić information content (AvgIpc) is 2.35. The second-order valence-corrected chi connectivity index (χ2v) is 6.75. The normalized spacial score (nSPS) is 23.7. The molecule has 0 aromatic rings. The average molecular weight is 291 g/mol. The lowest BCUT2D eigenvalue weighted by Crippen LogP contribution is -2.54. The van der Waals surface area contributed by atoms with E-state index in [1.165, 1.54) is 0 Å². The lowest BCUT2D eigenvalue weighted by atomic mass is 10.1. The van der Waals surface area contributed by atoms with E-state index in [-0.39, 0.29) is 11.9 Å². The number of ether oxygens (including phenoxy) is 1. The maximum Gasteiger partial charge on any atom is 0.329 e. The van der Waals surface area contributed by atoms with Crippen LogP contribution in [0.5, 0.6) is 0 Å². The number of thioether (sulfide) groups is 2. The van der Waals surface area contributed by atoms with Gasteiger partial charge in [0.25, 0.3) is 5.91 Å². The first-order valence-corrected chi connectivity index (χ1v) is 8.66. The second kappa shape index (κ2) is 8.69. The van der Waals surface area contributed by atoms with Gasteiger partial charge in [-0.25, -0.2) is 4.79 Å². The van der Waals surface area contributed by atoms with E-state index in [1.807, 2.05) is 0 Å². The number of nitrogens with one attached hydrogen (secondary N) is 1. The lowest BCUT2D eigenvalue weighted by Gasteiger charge is -2.28. The van der Waals surface area contributed by atoms with Gasteiger partial charge in [-0.3, -0.25) is 4.79 Å². The van der Waals surface area contributed by atoms with E-state index in [0.29, 0.717) is 12.8 Å². The van der Waals surface area contributed by atoms with E-state index >= 15 is 0 Å². The molecule has 1 heterocycles. The third-order valence-electron chi connectivity index (χ3n) is 2.64. The molecule has 0 aromatic carbocycles. The predicted molar refractivity (Wildman–Crippen MR) is 77.0 cm³/mol.